The van der Waals surface area contributed by atoms with Gasteiger partial charge in [0.2, 0.25) is 11.8 Å². The molecule has 1 fully saturated rings. The van der Waals surface area contributed by atoms with Gasteiger partial charge in [0.1, 0.15) is 0 Å². The number of amides is 2. The monoisotopic (exact) mass is 198 g/mol. The number of carbonyl (C=O) groups excluding carboxylic acids is 2. The Morgan fingerprint density at radius 3 is 2.43 bits per heavy atom. The summed E-state index contributed by atoms with van der Waals surface area (Å²) in [7, 11) is 0. The van der Waals surface area contributed by atoms with Gasteiger partial charge in [0.05, 0.1) is 0 Å². The average Bonchev–Trinajstić information content (AvgIpc) is 2.09. The third kappa shape index (κ3) is 3.10. The fourth-order valence-corrected chi connectivity index (χ4v) is 1.62. The summed E-state index contributed by atoms with van der Waals surface area (Å²) < 4.78 is 0. The van der Waals surface area contributed by atoms with Crippen LogP contribution in [0.15, 0.2) is 0 Å². The molecular formula is C10H18N2O2. The lowest BCUT2D eigenvalue weighted by molar-refractivity contribution is -0.148. The molecule has 0 bridgehead atoms. The smallest absolute Gasteiger partial charge is 0.229 e. The normalized spacial score (nSPS) is 20.0. The summed E-state index contributed by atoms with van der Waals surface area (Å²) >= 11 is 0. The molecular weight excluding hydrogens is 180 g/mol. The van der Waals surface area contributed by atoms with E-state index in [-0.39, 0.29) is 17.9 Å². The predicted octanol–water partition coefficient (Wildman–Crippen LogP) is 0.653. The van der Waals surface area contributed by atoms with Gasteiger partial charge in [0, 0.05) is 25.4 Å². The molecule has 14 heavy (non-hydrogen) atoms. The van der Waals surface area contributed by atoms with Crippen LogP contribution in [0.2, 0.25) is 0 Å². The molecule has 1 unspecified atom stereocenters. The molecule has 2 amide bonds. The second-order valence-corrected chi connectivity index (χ2v) is 3.91. The number of nitrogens with two attached hydrogens (primary N) is 1. The van der Waals surface area contributed by atoms with Gasteiger partial charge in [-0.2, -0.15) is 0 Å². The van der Waals surface area contributed by atoms with E-state index in [0.29, 0.717) is 25.8 Å². The van der Waals surface area contributed by atoms with Crippen LogP contribution >= 0.6 is 0 Å². The van der Waals surface area contributed by atoms with Crippen LogP contribution in [0.4, 0.5) is 0 Å². The van der Waals surface area contributed by atoms with Crippen molar-refractivity contribution in [2.45, 2.75) is 45.1 Å². The molecule has 1 aliphatic rings. The first kappa shape index (κ1) is 11.2. The fourth-order valence-electron chi connectivity index (χ4n) is 1.62. The molecule has 1 rings (SSSR count). The Morgan fingerprint density at radius 2 is 1.93 bits per heavy atom. The zero-order valence-corrected chi connectivity index (χ0v) is 8.66. The first-order valence-electron chi connectivity index (χ1n) is 5.20. The van der Waals surface area contributed by atoms with Gasteiger partial charge < -0.3 is 5.73 Å². The Morgan fingerprint density at radius 1 is 1.36 bits per heavy atom. The van der Waals surface area contributed by atoms with Crippen LogP contribution in [0.1, 0.15) is 39.0 Å². The highest BCUT2D eigenvalue weighted by atomic mass is 16.2. The van der Waals surface area contributed by atoms with Crippen LogP contribution < -0.4 is 5.73 Å². The summed E-state index contributed by atoms with van der Waals surface area (Å²) in [6.45, 7) is 2.47. The van der Waals surface area contributed by atoms with Crippen molar-refractivity contribution < 1.29 is 9.59 Å². The van der Waals surface area contributed by atoms with E-state index in [1.807, 2.05) is 6.92 Å². The highest BCUT2D eigenvalue weighted by molar-refractivity contribution is 5.97. The van der Waals surface area contributed by atoms with Crippen LogP contribution in [0, 0.1) is 0 Å². The second-order valence-electron chi connectivity index (χ2n) is 3.91. The maximum absolute atomic E-state index is 11.4. The third-order valence-electron chi connectivity index (χ3n) is 2.42. The summed E-state index contributed by atoms with van der Waals surface area (Å²) in [5.41, 5.74) is 5.59. The molecule has 4 heteroatoms. The molecule has 0 spiro atoms. The van der Waals surface area contributed by atoms with E-state index in [4.69, 9.17) is 5.73 Å². The summed E-state index contributed by atoms with van der Waals surface area (Å²) in [6.07, 6.45) is 3.42. The number of hydrogen-bond acceptors (Lipinski definition) is 3. The summed E-state index contributed by atoms with van der Waals surface area (Å²) in [5, 5.41) is 0. The first-order valence-corrected chi connectivity index (χ1v) is 5.20. The molecule has 4 nitrogen and oxygen atoms in total. The highest BCUT2D eigenvalue weighted by Gasteiger charge is 2.24. The quantitative estimate of drug-likeness (QED) is 0.675. The zero-order valence-electron chi connectivity index (χ0n) is 8.66. The lowest BCUT2D eigenvalue weighted by Crippen LogP contribution is -2.40. The van der Waals surface area contributed by atoms with Crippen molar-refractivity contribution in [1.82, 2.24) is 4.90 Å². The van der Waals surface area contributed by atoms with E-state index in [2.05, 4.69) is 0 Å². The minimum atomic E-state index is -0.0223. The summed E-state index contributed by atoms with van der Waals surface area (Å²) in [4.78, 5) is 24.1. The molecule has 1 atom stereocenters. The van der Waals surface area contributed by atoms with Crippen molar-refractivity contribution in [2.75, 3.05) is 6.54 Å². The molecule has 0 aliphatic carbocycles. The molecule has 80 valence electrons. The first-order chi connectivity index (χ1) is 6.61. The summed E-state index contributed by atoms with van der Waals surface area (Å²) in [6, 6.07) is 0.144. The highest BCUT2D eigenvalue weighted by Crippen LogP contribution is 2.12. The third-order valence-corrected chi connectivity index (χ3v) is 2.42. The minimum Gasteiger partial charge on any atom is -0.328 e. The van der Waals surface area contributed by atoms with E-state index in [9.17, 15) is 9.59 Å². The van der Waals surface area contributed by atoms with Gasteiger partial charge in [-0.25, -0.2) is 0 Å². The van der Waals surface area contributed by atoms with E-state index < -0.39 is 0 Å². The van der Waals surface area contributed by atoms with Crippen molar-refractivity contribution in [3.63, 3.8) is 0 Å². The number of hydrogen-bond donors (Lipinski definition) is 1. The van der Waals surface area contributed by atoms with Crippen LogP contribution in [0.5, 0.6) is 0 Å². The zero-order chi connectivity index (χ0) is 10.6. The van der Waals surface area contributed by atoms with E-state index >= 15 is 0 Å². The lowest BCUT2D eigenvalue weighted by Gasteiger charge is -2.24. The number of carbonyl (C=O) groups is 2. The number of nitrogens with zero attached hydrogens (tertiary/aromatic N) is 1. The van der Waals surface area contributed by atoms with Crippen LogP contribution in [-0.4, -0.2) is 29.3 Å². The van der Waals surface area contributed by atoms with Gasteiger partial charge >= 0.3 is 0 Å². The minimum absolute atomic E-state index is 0.0223. The second kappa shape index (κ2) is 5.10. The molecule has 0 radical (unpaired) electrons. The van der Waals surface area contributed by atoms with Crippen LogP contribution in [-0.2, 0) is 9.59 Å². The average molecular weight is 198 g/mol. The van der Waals surface area contributed by atoms with Crippen LogP contribution in [0.3, 0.4) is 0 Å². The van der Waals surface area contributed by atoms with Crippen molar-refractivity contribution in [1.29, 1.82) is 0 Å². The number of rotatable bonds is 4. The molecule has 1 aliphatic heterocycles. The van der Waals surface area contributed by atoms with Gasteiger partial charge in [-0.05, 0) is 26.2 Å². The Hall–Kier alpha value is -0.900. The van der Waals surface area contributed by atoms with Gasteiger partial charge in [0.25, 0.3) is 0 Å². The topological polar surface area (TPSA) is 63.4 Å². The summed E-state index contributed by atoms with van der Waals surface area (Å²) in [5.74, 6) is -0.0446. The van der Waals surface area contributed by atoms with Crippen molar-refractivity contribution in [3.8, 4) is 0 Å². The standard InChI is InChI=1S/C10H18N2O2/c1-8(11)4-3-7-12-9(13)5-2-6-10(12)14/h8H,2-7,11H2,1H3. The largest absolute Gasteiger partial charge is 0.328 e. The van der Waals surface area contributed by atoms with E-state index in [1.165, 1.54) is 4.90 Å². The molecule has 0 aromatic heterocycles. The van der Waals surface area contributed by atoms with Gasteiger partial charge in [-0.15, -0.1) is 0 Å². The SMILES string of the molecule is CC(N)CCCN1C(=O)CCCC1=O. The lowest BCUT2D eigenvalue weighted by atomic mass is 10.1. The van der Waals surface area contributed by atoms with Crippen molar-refractivity contribution in [2.24, 2.45) is 5.73 Å². The maximum Gasteiger partial charge on any atom is 0.229 e. The number of imide groups is 1. The van der Waals surface area contributed by atoms with Crippen LogP contribution in [0.25, 0.3) is 0 Å². The molecule has 1 saturated heterocycles. The molecule has 2 N–H and O–H groups in total. The van der Waals surface area contributed by atoms with Gasteiger partial charge in [-0.3, -0.25) is 14.5 Å². The maximum atomic E-state index is 11.4. The Bertz CT molecular complexity index is 210. The Balaban J connectivity index is 2.33. The van der Waals surface area contributed by atoms with Gasteiger partial charge in [0.15, 0.2) is 0 Å². The number of likely N-dealkylation sites (tertiary alicyclic amines) is 1. The fraction of sp³-hybridized carbons (Fsp3) is 0.800. The predicted molar refractivity (Wildman–Crippen MR) is 53.5 cm³/mol. The van der Waals surface area contributed by atoms with Crippen molar-refractivity contribution >= 4 is 11.8 Å². The van der Waals surface area contributed by atoms with Gasteiger partial charge in [-0.1, -0.05) is 0 Å². The number of piperidine rings is 1. The van der Waals surface area contributed by atoms with E-state index in [1.54, 1.807) is 0 Å². The van der Waals surface area contributed by atoms with E-state index in [0.717, 1.165) is 12.8 Å². The molecule has 0 aromatic carbocycles. The molecule has 1 heterocycles. The molecule has 0 aromatic rings. The van der Waals surface area contributed by atoms with Crippen molar-refractivity contribution in [3.05, 3.63) is 0 Å². The molecule has 0 saturated carbocycles. The Labute approximate surface area is 84.4 Å². The Kier molecular flexibility index (Phi) is 4.07.